The minimum atomic E-state index is -0.185. The van der Waals surface area contributed by atoms with Gasteiger partial charge in [0.05, 0.1) is 11.3 Å². The lowest BCUT2D eigenvalue weighted by atomic mass is 10.1. The van der Waals surface area contributed by atoms with Gasteiger partial charge in [-0.1, -0.05) is 12.1 Å². The molecule has 0 fully saturated rings. The zero-order valence-electron chi connectivity index (χ0n) is 10.9. The maximum Gasteiger partial charge on any atom is 0.248 e. The lowest BCUT2D eigenvalue weighted by Crippen LogP contribution is -2.34. The smallest absolute Gasteiger partial charge is 0.248 e. The molecule has 4 nitrogen and oxygen atoms in total. The van der Waals surface area contributed by atoms with Crippen LogP contribution >= 0.6 is 27.7 Å². The molecule has 19 heavy (non-hydrogen) atoms. The molecule has 0 spiro atoms. The van der Waals surface area contributed by atoms with Crippen LogP contribution in [-0.4, -0.2) is 21.5 Å². The van der Waals surface area contributed by atoms with E-state index in [0.29, 0.717) is 17.5 Å². The van der Waals surface area contributed by atoms with Crippen molar-refractivity contribution in [3.8, 4) is 11.5 Å². The summed E-state index contributed by atoms with van der Waals surface area (Å²) in [6.45, 7) is 4.00. The number of benzene rings is 1. The predicted molar refractivity (Wildman–Crippen MR) is 81.9 cm³/mol. The minimum absolute atomic E-state index is 0.185. The van der Waals surface area contributed by atoms with Gasteiger partial charge in [0, 0.05) is 15.8 Å². The van der Waals surface area contributed by atoms with Gasteiger partial charge in [0.15, 0.2) is 0 Å². The Morgan fingerprint density at radius 3 is 2.74 bits per heavy atom. The maximum atomic E-state index is 5.92. The Balaban J connectivity index is 2.02. The third kappa shape index (κ3) is 4.33. The van der Waals surface area contributed by atoms with Gasteiger partial charge in [0.25, 0.3) is 0 Å². The summed E-state index contributed by atoms with van der Waals surface area (Å²) in [5.74, 6) is 2.69. The van der Waals surface area contributed by atoms with E-state index < -0.39 is 0 Å². The van der Waals surface area contributed by atoms with Gasteiger partial charge >= 0.3 is 0 Å². The second-order valence-electron chi connectivity index (χ2n) is 4.96. The van der Waals surface area contributed by atoms with Crippen LogP contribution < -0.4 is 5.73 Å². The minimum Gasteiger partial charge on any atom is -0.420 e. The zero-order valence-corrected chi connectivity index (χ0v) is 13.3. The second kappa shape index (κ2) is 6.07. The topological polar surface area (TPSA) is 64.9 Å². The van der Waals surface area contributed by atoms with Crippen molar-refractivity contribution < 1.29 is 4.42 Å². The summed E-state index contributed by atoms with van der Waals surface area (Å²) in [5, 5.41) is 8.13. The number of nitrogens with zero attached hydrogens (tertiary/aromatic N) is 2. The molecular weight excluding hydrogens is 326 g/mol. The van der Waals surface area contributed by atoms with Crippen LogP contribution in [0.25, 0.3) is 11.5 Å². The number of thioether (sulfide) groups is 1. The summed E-state index contributed by atoms with van der Waals surface area (Å²) in [5.41, 5.74) is 6.65. The monoisotopic (exact) mass is 341 g/mol. The van der Waals surface area contributed by atoms with Crippen LogP contribution in [0.15, 0.2) is 33.2 Å². The summed E-state index contributed by atoms with van der Waals surface area (Å²) in [7, 11) is 0. The summed E-state index contributed by atoms with van der Waals surface area (Å²) in [4.78, 5) is 0. The Morgan fingerprint density at radius 2 is 2.05 bits per heavy atom. The van der Waals surface area contributed by atoms with E-state index in [4.69, 9.17) is 10.2 Å². The molecule has 2 aromatic rings. The number of rotatable bonds is 5. The first-order valence-electron chi connectivity index (χ1n) is 5.89. The summed E-state index contributed by atoms with van der Waals surface area (Å²) in [6.07, 6.45) is 0. The fraction of sp³-hybridized carbons (Fsp3) is 0.385. The van der Waals surface area contributed by atoms with Gasteiger partial charge in [0.2, 0.25) is 11.8 Å². The highest BCUT2D eigenvalue weighted by Crippen LogP contribution is 2.27. The van der Waals surface area contributed by atoms with Gasteiger partial charge in [-0.25, -0.2) is 0 Å². The molecule has 102 valence electrons. The van der Waals surface area contributed by atoms with Crippen LogP contribution in [-0.2, 0) is 5.75 Å². The van der Waals surface area contributed by atoms with E-state index in [1.165, 1.54) is 0 Å². The number of hydrogen-bond acceptors (Lipinski definition) is 5. The molecule has 0 saturated carbocycles. The first-order valence-corrected chi connectivity index (χ1v) is 7.84. The van der Waals surface area contributed by atoms with E-state index in [9.17, 15) is 0 Å². The van der Waals surface area contributed by atoms with Crippen LogP contribution in [0.5, 0.6) is 0 Å². The normalized spacial score (nSPS) is 11.8. The van der Waals surface area contributed by atoms with Gasteiger partial charge < -0.3 is 10.2 Å². The van der Waals surface area contributed by atoms with Crippen molar-refractivity contribution in [1.82, 2.24) is 10.2 Å². The molecule has 0 aliphatic carbocycles. The predicted octanol–water partition coefficient (Wildman–Crippen LogP) is 3.47. The van der Waals surface area contributed by atoms with Crippen molar-refractivity contribution in [2.75, 3.05) is 5.75 Å². The summed E-state index contributed by atoms with van der Waals surface area (Å²) >= 11 is 5.16. The fourth-order valence-corrected chi connectivity index (χ4v) is 2.83. The number of nitrogens with two attached hydrogens (primary N) is 1. The van der Waals surface area contributed by atoms with Crippen molar-refractivity contribution >= 4 is 27.7 Å². The molecule has 0 aliphatic rings. The first kappa shape index (κ1) is 14.6. The third-order valence-corrected chi connectivity index (χ3v) is 4.36. The molecule has 1 heterocycles. The van der Waals surface area contributed by atoms with Crippen molar-refractivity contribution in [1.29, 1.82) is 0 Å². The van der Waals surface area contributed by atoms with Crippen LogP contribution in [0.2, 0.25) is 0 Å². The molecule has 1 aromatic carbocycles. The highest BCUT2D eigenvalue weighted by Gasteiger charge is 2.14. The average Bonchev–Trinajstić information content (AvgIpc) is 2.76. The molecule has 6 heteroatoms. The van der Waals surface area contributed by atoms with E-state index in [1.54, 1.807) is 11.8 Å². The van der Waals surface area contributed by atoms with E-state index in [1.807, 2.05) is 38.1 Å². The Kier molecular flexibility index (Phi) is 4.65. The Bertz CT molecular complexity index is 551. The van der Waals surface area contributed by atoms with Gasteiger partial charge in [-0.2, -0.15) is 11.8 Å². The average molecular weight is 342 g/mol. The Labute approximate surface area is 125 Å². The molecule has 2 rings (SSSR count). The standard InChI is InChI=1S/C13H16BrN3OS/c1-13(2,15)8-19-7-11-16-17-12(18-11)9-5-3-4-6-10(9)14/h3-6H,7-8,15H2,1-2H3. The van der Waals surface area contributed by atoms with Gasteiger partial charge in [-0.15, -0.1) is 10.2 Å². The molecule has 0 saturated heterocycles. The fourth-order valence-electron chi connectivity index (χ4n) is 1.46. The molecule has 0 unspecified atom stereocenters. The van der Waals surface area contributed by atoms with Gasteiger partial charge in [-0.3, -0.25) is 0 Å². The van der Waals surface area contributed by atoms with Gasteiger partial charge in [-0.05, 0) is 41.9 Å². The Morgan fingerprint density at radius 1 is 1.32 bits per heavy atom. The second-order valence-corrected chi connectivity index (χ2v) is 6.80. The lowest BCUT2D eigenvalue weighted by molar-refractivity contribution is 0.527. The highest BCUT2D eigenvalue weighted by atomic mass is 79.9. The van der Waals surface area contributed by atoms with E-state index in [2.05, 4.69) is 26.1 Å². The van der Waals surface area contributed by atoms with E-state index in [-0.39, 0.29) is 5.54 Å². The molecule has 1 aromatic heterocycles. The van der Waals surface area contributed by atoms with Gasteiger partial charge in [0.1, 0.15) is 0 Å². The number of aromatic nitrogens is 2. The number of halogens is 1. The van der Waals surface area contributed by atoms with Crippen molar-refractivity contribution in [2.45, 2.75) is 25.1 Å². The quantitative estimate of drug-likeness (QED) is 0.901. The third-order valence-electron chi connectivity index (χ3n) is 2.27. The highest BCUT2D eigenvalue weighted by molar-refractivity contribution is 9.10. The van der Waals surface area contributed by atoms with Crippen molar-refractivity contribution in [3.63, 3.8) is 0 Å². The van der Waals surface area contributed by atoms with Crippen molar-refractivity contribution in [2.24, 2.45) is 5.73 Å². The summed E-state index contributed by atoms with van der Waals surface area (Å²) < 4.78 is 6.60. The molecule has 0 bridgehead atoms. The molecule has 0 radical (unpaired) electrons. The van der Waals surface area contributed by atoms with Crippen LogP contribution in [0.1, 0.15) is 19.7 Å². The van der Waals surface area contributed by atoms with E-state index >= 15 is 0 Å². The molecular formula is C13H16BrN3OS. The Hall–Kier alpha value is -0.850. The van der Waals surface area contributed by atoms with Crippen molar-refractivity contribution in [3.05, 3.63) is 34.6 Å². The van der Waals surface area contributed by atoms with Crippen LogP contribution in [0, 0.1) is 0 Å². The maximum absolute atomic E-state index is 5.92. The molecule has 0 amide bonds. The molecule has 0 aliphatic heterocycles. The van der Waals surface area contributed by atoms with Crippen LogP contribution in [0.4, 0.5) is 0 Å². The largest absolute Gasteiger partial charge is 0.420 e. The molecule has 2 N–H and O–H groups in total. The SMILES string of the molecule is CC(C)(N)CSCc1nnc(-c2ccccc2Br)o1. The number of hydrogen-bond donors (Lipinski definition) is 1. The summed E-state index contributed by atoms with van der Waals surface area (Å²) in [6, 6.07) is 7.78. The zero-order chi connectivity index (χ0) is 13.9. The molecule has 0 atom stereocenters. The van der Waals surface area contributed by atoms with E-state index in [0.717, 1.165) is 15.8 Å². The lowest BCUT2D eigenvalue weighted by Gasteiger charge is -2.16. The van der Waals surface area contributed by atoms with Crippen LogP contribution in [0.3, 0.4) is 0 Å². The first-order chi connectivity index (χ1) is 8.96.